The van der Waals surface area contributed by atoms with Crippen LogP contribution in [0.5, 0.6) is 5.75 Å². The lowest BCUT2D eigenvalue weighted by Crippen LogP contribution is -2.35. The maximum Gasteiger partial charge on any atom is 0.319 e. The number of urea groups is 1. The molecule has 0 aromatic heterocycles. The monoisotopic (exact) mass is 254 g/mol. The van der Waals surface area contributed by atoms with Gasteiger partial charge in [0.25, 0.3) is 0 Å². The van der Waals surface area contributed by atoms with Crippen LogP contribution in [0.2, 0.25) is 0 Å². The largest absolute Gasteiger partial charge is 0.494 e. The minimum atomic E-state index is -0.508. The van der Waals surface area contributed by atoms with Crippen LogP contribution in [-0.2, 0) is 0 Å². The molecule has 0 bridgehead atoms. The van der Waals surface area contributed by atoms with E-state index in [1.165, 1.54) is 19.2 Å². The van der Waals surface area contributed by atoms with Gasteiger partial charge in [-0.2, -0.15) is 0 Å². The standard InChI is InChI=1S/C13H19FN2O2/c1-13(2,3)8-15-12(17)16-9-5-6-11(18-4)10(14)7-9/h5-7H,8H2,1-4H3,(H2,15,16,17). The molecule has 0 radical (unpaired) electrons. The number of methoxy groups -OCH3 is 1. The van der Waals surface area contributed by atoms with E-state index in [2.05, 4.69) is 10.6 Å². The molecule has 4 nitrogen and oxygen atoms in total. The topological polar surface area (TPSA) is 50.4 Å². The predicted molar refractivity (Wildman–Crippen MR) is 69.4 cm³/mol. The number of carbonyl (C=O) groups excluding carboxylic acids is 1. The highest BCUT2D eigenvalue weighted by Crippen LogP contribution is 2.20. The first kappa shape index (κ1) is 14.3. The smallest absolute Gasteiger partial charge is 0.319 e. The Labute approximate surface area is 107 Å². The molecular formula is C13H19FN2O2. The van der Waals surface area contributed by atoms with E-state index in [-0.39, 0.29) is 17.2 Å². The minimum absolute atomic E-state index is 0.00248. The molecule has 2 N–H and O–H groups in total. The highest BCUT2D eigenvalue weighted by Gasteiger charge is 2.12. The quantitative estimate of drug-likeness (QED) is 0.871. The molecule has 0 spiro atoms. The summed E-state index contributed by atoms with van der Waals surface area (Å²) in [4.78, 5) is 11.5. The second-order valence-corrected chi connectivity index (χ2v) is 5.22. The first-order valence-electron chi connectivity index (χ1n) is 5.70. The van der Waals surface area contributed by atoms with Crippen LogP contribution in [-0.4, -0.2) is 19.7 Å². The zero-order valence-corrected chi connectivity index (χ0v) is 11.1. The molecule has 0 aliphatic heterocycles. The average Bonchev–Trinajstić information content (AvgIpc) is 2.26. The molecule has 1 aromatic carbocycles. The Hall–Kier alpha value is -1.78. The Bertz CT molecular complexity index is 427. The number of halogens is 1. The fourth-order valence-electron chi connectivity index (χ4n) is 1.26. The van der Waals surface area contributed by atoms with Gasteiger partial charge >= 0.3 is 6.03 Å². The number of ether oxygens (including phenoxy) is 1. The summed E-state index contributed by atoms with van der Waals surface area (Å²) in [6.45, 7) is 6.58. The van der Waals surface area contributed by atoms with Crippen molar-refractivity contribution in [3.63, 3.8) is 0 Å². The van der Waals surface area contributed by atoms with Crippen LogP contribution in [0.15, 0.2) is 18.2 Å². The average molecular weight is 254 g/mol. The molecule has 0 heterocycles. The normalized spacial score (nSPS) is 10.9. The van der Waals surface area contributed by atoms with Gasteiger partial charge in [0.05, 0.1) is 7.11 Å². The van der Waals surface area contributed by atoms with Crippen molar-refractivity contribution >= 4 is 11.7 Å². The lowest BCUT2D eigenvalue weighted by Gasteiger charge is -2.19. The second kappa shape index (κ2) is 5.71. The minimum Gasteiger partial charge on any atom is -0.494 e. The lowest BCUT2D eigenvalue weighted by molar-refractivity contribution is 0.247. The van der Waals surface area contributed by atoms with Gasteiger partial charge in [0, 0.05) is 18.3 Å². The Morgan fingerprint density at radius 2 is 2.06 bits per heavy atom. The molecular weight excluding hydrogens is 235 g/mol. The SMILES string of the molecule is COc1ccc(NC(=O)NCC(C)(C)C)cc1F. The maximum atomic E-state index is 13.4. The summed E-state index contributed by atoms with van der Waals surface area (Å²) in [5, 5.41) is 5.28. The summed E-state index contributed by atoms with van der Waals surface area (Å²) < 4.78 is 18.2. The van der Waals surface area contributed by atoms with E-state index in [1.807, 2.05) is 20.8 Å². The zero-order chi connectivity index (χ0) is 13.8. The van der Waals surface area contributed by atoms with Crippen molar-refractivity contribution in [3.05, 3.63) is 24.0 Å². The molecule has 100 valence electrons. The molecule has 2 amide bonds. The third-order valence-electron chi connectivity index (χ3n) is 2.19. The molecule has 0 atom stereocenters. The predicted octanol–water partition coefficient (Wildman–Crippen LogP) is 3.00. The van der Waals surface area contributed by atoms with Gasteiger partial charge in [-0.25, -0.2) is 9.18 Å². The summed E-state index contributed by atoms with van der Waals surface area (Å²) in [5.74, 6) is -0.359. The molecule has 1 aromatic rings. The van der Waals surface area contributed by atoms with Gasteiger partial charge in [-0.05, 0) is 17.5 Å². The van der Waals surface area contributed by atoms with Crippen LogP contribution in [0.4, 0.5) is 14.9 Å². The van der Waals surface area contributed by atoms with E-state index in [0.717, 1.165) is 0 Å². The van der Waals surface area contributed by atoms with E-state index in [9.17, 15) is 9.18 Å². The summed E-state index contributed by atoms with van der Waals surface area (Å²) in [5.41, 5.74) is 0.391. The lowest BCUT2D eigenvalue weighted by atomic mass is 9.97. The van der Waals surface area contributed by atoms with Crippen LogP contribution in [0.1, 0.15) is 20.8 Å². The number of hydrogen-bond acceptors (Lipinski definition) is 2. The summed E-state index contributed by atoms with van der Waals surface area (Å²) in [6, 6.07) is 3.91. The van der Waals surface area contributed by atoms with Crippen LogP contribution in [0.25, 0.3) is 0 Å². The highest BCUT2D eigenvalue weighted by atomic mass is 19.1. The van der Waals surface area contributed by atoms with Gasteiger partial charge in [0.15, 0.2) is 11.6 Å². The van der Waals surface area contributed by atoms with Crippen molar-refractivity contribution < 1.29 is 13.9 Å². The number of carbonyl (C=O) groups is 1. The molecule has 5 heteroatoms. The number of rotatable bonds is 3. The Kier molecular flexibility index (Phi) is 4.53. The van der Waals surface area contributed by atoms with E-state index in [4.69, 9.17) is 4.74 Å². The Morgan fingerprint density at radius 3 is 2.56 bits per heavy atom. The molecule has 0 saturated heterocycles. The van der Waals surface area contributed by atoms with Crippen molar-refractivity contribution in [2.24, 2.45) is 5.41 Å². The zero-order valence-electron chi connectivity index (χ0n) is 11.1. The number of benzene rings is 1. The van der Waals surface area contributed by atoms with Gasteiger partial charge < -0.3 is 15.4 Å². The maximum absolute atomic E-state index is 13.4. The summed E-state index contributed by atoms with van der Waals surface area (Å²) in [6.07, 6.45) is 0. The van der Waals surface area contributed by atoms with E-state index >= 15 is 0 Å². The second-order valence-electron chi connectivity index (χ2n) is 5.22. The van der Waals surface area contributed by atoms with Crippen molar-refractivity contribution in [2.45, 2.75) is 20.8 Å². The van der Waals surface area contributed by atoms with Crippen LogP contribution < -0.4 is 15.4 Å². The van der Waals surface area contributed by atoms with Crippen molar-refractivity contribution in [3.8, 4) is 5.75 Å². The third kappa shape index (κ3) is 4.61. The van der Waals surface area contributed by atoms with Crippen LogP contribution in [0, 0.1) is 11.2 Å². The number of amides is 2. The van der Waals surface area contributed by atoms with Gasteiger partial charge in [-0.15, -0.1) is 0 Å². The van der Waals surface area contributed by atoms with Gasteiger partial charge in [-0.3, -0.25) is 0 Å². The fourth-order valence-corrected chi connectivity index (χ4v) is 1.26. The Morgan fingerprint density at radius 1 is 1.39 bits per heavy atom. The van der Waals surface area contributed by atoms with Crippen molar-refractivity contribution in [2.75, 3.05) is 19.0 Å². The van der Waals surface area contributed by atoms with Crippen molar-refractivity contribution in [1.82, 2.24) is 5.32 Å². The molecule has 0 aliphatic rings. The van der Waals surface area contributed by atoms with Gasteiger partial charge in [0.2, 0.25) is 0 Å². The third-order valence-corrected chi connectivity index (χ3v) is 2.19. The molecule has 1 rings (SSSR count). The van der Waals surface area contributed by atoms with E-state index < -0.39 is 5.82 Å². The van der Waals surface area contributed by atoms with Crippen LogP contribution in [0.3, 0.4) is 0 Å². The number of anilines is 1. The highest BCUT2D eigenvalue weighted by molar-refractivity contribution is 5.89. The Balaban J connectivity index is 2.57. The number of hydrogen-bond donors (Lipinski definition) is 2. The van der Waals surface area contributed by atoms with E-state index in [1.54, 1.807) is 6.07 Å². The first-order valence-corrected chi connectivity index (χ1v) is 5.70. The fraction of sp³-hybridized carbons (Fsp3) is 0.462. The van der Waals surface area contributed by atoms with E-state index in [0.29, 0.717) is 12.2 Å². The molecule has 0 fully saturated rings. The summed E-state index contributed by atoms with van der Waals surface area (Å²) >= 11 is 0. The molecule has 18 heavy (non-hydrogen) atoms. The first-order chi connectivity index (χ1) is 8.31. The van der Waals surface area contributed by atoms with Crippen molar-refractivity contribution in [1.29, 1.82) is 0 Å². The van der Waals surface area contributed by atoms with Gasteiger partial charge in [0.1, 0.15) is 0 Å². The molecule has 0 aliphatic carbocycles. The number of nitrogens with one attached hydrogen (secondary N) is 2. The van der Waals surface area contributed by atoms with Gasteiger partial charge in [-0.1, -0.05) is 20.8 Å². The molecule has 0 unspecified atom stereocenters. The summed E-state index contributed by atoms with van der Waals surface area (Å²) in [7, 11) is 1.39. The molecule has 0 saturated carbocycles. The van der Waals surface area contributed by atoms with Crippen LogP contribution >= 0.6 is 0 Å².